The fourth-order valence-corrected chi connectivity index (χ4v) is 3.07. The second-order valence-corrected chi connectivity index (χ2v) is 6.92. The summed E-state index contributed by atoms with van der Waals surface area (Å²) in [5.41, 5.74) is 0.514. The molecule has 0 saturated carbocycles. The standard InChI is InChI=1S/C17H18N2O6S/c1-11(20)18-13-4-6-16(7-5-13)26(22,23)19-17(21)12-8-14(24-2)10-15(9-12)25-3/h4-10H,1-3H3,(H,18,20)(H,19,21). The normalized spacial score (nSPS) is 10.7. The van der Waals surface area contributed by atoms with Crippen LogP contribution in [0.5, 0.6) is 11.5 Å². The van der Waals surface area contributed by atoms with E-state index in [4.69, 9.17) is 9.47 Å². The summed E-state index contributed by atoms with van der Waals surface area (Å²) in [4.78, 5) is 23.2. The summed E-state index contributed by atoms with van der Waals surface area (Å²) in [7, 11) is -1.24. The fourth-order valence-electron chi connectivity index (χ4n) is 2.10. The maximum atomic E-state index is 12.4. The number of amides is 2. The molecule has 0 aliphatic carbocycles. The quantitative estimate of drug-likeness (QED) is 0.793. The molecule has 0 aliphatic heterocycles. The van der Waals surface area contributed by atoms with Gasteiger partial charge in [-0.3, -0.25) is 9.59 Å². The monoisotopic (exact) mass is 378 g/mol. The number of nitrogens with one attached hydrogen (secondary N) is 2. The first kappa shape index (κ1) is 19.3. The van der Waals surface area contributed by atoms with Crippen molar-refractivity contribution in [2.45, 2.75) is 11.8 Å². The van der Waals surface area contributed by atoms with E-state index in [1.165, 1.54) is 57.5 Å². The van der Waals surface area contributed by atoms with Crippen molar-refractivity contribution >= 4 is 27.5 Å². The van der Waals surface area contributed by atoms with Crippen LogP contribution in [0.15, 0.2) is 47.4 Å². The Morgan fingerprint density at radius 3 is 1.92 bits per heavy atom. The minimum Gasteiger partial charge on any atom is -0.497 e. The molecule has 0 aromatic heterocycles. The highest BCUT2D eigenvalue weighted by Crippen LogP contribution is 2.23. The molecule has 2 rings (SSSR count). The molecule has 9 heteroatoms. The first-order valence-electron chi connectivity index (χ1n) is 7.43. The number of hydrogen-bond acceptors (Lipinski definition) is 6. The van der Waals surface area contributed by atoms with Crippen LogP contribution in [0.1, 0.15) is 17.3 Å². The van der Waals surface area contributed by atoms with Gasteiger partial charge in [-0.1, -0.05) is 0 Å². The number of methoxy groups -OCH3 is 2. The summed E-state index contributed by atoms with van der Waals surface area (Å²) < 4.78 is 36.9. The largest absolute Gasteiger partial charge is 0.497 e. The highest BCUT2D eigenvalue weighted by molar-refractivity contribution is 7.90. The van der Waals surface area contributed by atoms with E-state index in [0.29, 0.717) is 17.2 Å². The summed E-state index contributed by atoms with van der Waals surface area (Å²) in [6, 6.07) is 9.77. The van der Waals surface area contributed by atoms with Gasteiger partial charge in [-0.05, 0) is 36.4 Å². The molecule has 0 radical (unpaired) electrons. The van der Waals surface area contributed by atoms with E-state index < -0.39 is 15.9 Å². The Morgan fingerprint density at radius 1 is 0.923 bits per heavy atom. The van der Waals surface area contributed by atoms with E-state index >= 15 is 0 Å². The molecular weight excluding hydrogens is 360 g/mol. The molecule has 2 aromatic rings. The van der Waals surface area contributed by atoms with E-state index in [1.807, 2.05) is 4.72 Å². The second-order valence-electron chi connectivity index (χ2n) is 5.24. The van der Waals surface area contributed by atoms with Gasteiger partial charge in [0.25, 0.3) is 15.9 Å². The number of carbonyl (C=O) groups is 2. The van der Waals surface area contributed by atoms with Crippen LogP contribution >= 0.6 is 0 Å². The van der Waals surface area contributed by atoms with Crippen LogP contribution in [0.4, 0.5) is 5.69 Å². The molecular formula is C17H18N2O6S. The van der Waals surface area contributed by atoms with Crippen molar-refractivity contribution in [2.24, 2.45) is 0 Å². The summed E-state index contributed by atoms with van der Waals surface area (Å²) in [5, 5.41) is 2.53. The molecule has 138 valence electrons. The molecule has 0 bridgehead atoms. The summed E-state index contributed by atoms with van der Waals surface area (Å²) in [5.74, 6) is -0.396. The SMILES string of the molecule is COc1cc(OC)cc(C(=O)NS(=O)(=O)c2ccc(NC(C)=O)cc2)c1. The van der Waals surface area contributed by atoms with Crippen molar-refractivity contribution < 1.29 is 27.5 Å². The molecule has 2 aromatic carbocycles. The van der Waals surface area contributed by atoms with Crippen LogP contribution < -0.4 is 19.5 Å². The lowest BCUT2D eigenvalue weighted by molar-refractivity contribution is -0.114. The first-order valence-corrected chi connectivity index (χ1v) is 8.91. The molecule has 0 aliphatic rings. The first-order chi connectivity index (χ1) is 12.2. The molecule has 0 unspecified atom stereocenters. The number of sulfonamides is 1. The number of rotatable bonds is 6. The molecule has 26 heavy (non-hydrogen) atoms. The maximum absolute atomic E-state index is 12.4. The van der Waals surface area contributed by atoms with E-state index in [-0.39, 0.29) is 16.4 Å². The third-order valence-corrected chi connectivity index (χ3v) is 4.67. The van der Waals surface area contributed by atoms with Crippen molar-refractivity contribution in [2.75, 3.05) is 19.5 Å². The number of benzene rings is 2. The van der Waals surface area contributed by atoms with E-state index in [0.717, 1.165) is 0 Å². The van der Waals surface area contributed by atoms with Crippen molar-refractivity contribution in [3.05, 3.63) is 48.0 Å². The van der Waals surface area contributed by atoms with Gasteiger partial charge in [0.2, 0.25) is 5.91 Å². The van der Waals surface area contributed by atoms with Crippen molar-refractivity contribution in [3.63, 3.8) is 0 Å². The Bertz CT molecular complexity index is 901. The average Bonchev–Trinajstić information content (AvgIpc) is 2.60. The van der Waals surface area contributed by atoms with Crippen molar-refractivity contribution in [3.8, 4) is 11.5 Å². The number of carbonyl (C=O) groups excluding carboxylic acids is 2. The predicted octanol–water partition coefficient (Wildman–Crippen LogP) is 1.78. The molecule has 0 fully saturated rings. The molecule has 8 nitrogen and oxygen atoms in total. The number of hydrogen-bond donors (Lipinski definition) is 2. The van der Waals surface area contributed by atoms with Crippen molar-refractivity contribution in [1.29, 1.82) is 0 Å². The highest BCUT2D eigenvalue weighted by atomic mass is 32.2. The lowest BCUT2D eigenvalue weighted by Crippen LogP contribution is -2.30. The summed E-state index contributed by atoms with van der Waals surface area (Å²) in [6.45, 7) is 1.34. The Kier molecular flexibility index (Phi) is 5.83. The van der Waals surface area contributed by atoms with Gasteiger partial charge in [-0.15, -0.1) is 0 Å². The number of anilines is 1. The summed E-state index contributed by atoms with van der Waals surface area (Å²) >= 11 is 0. The van der Waals surface area contributed by atoms with Crippen LogP contribution in [0.3, 0.4) is 0 Å². The molecule has 0 spiro atoms. The van der Waals surface area contributed by atoms with Crippen LogP contribution in [-0.4, -0.2) is 34.5 Å². The van der Waals surface area contributed by atoms with Gasteiger partial charge in [0, 0.05) is 24.2 Å². The van der Waals surface area contributed by atoms with Crippen molar-refractivity contribution in [1.82, 2.24) is 4.72 Å². The van der Waals surface area contributed by atoms with Crippen LogP contribution in [0.2, 0.25) is 0 Å². The molecule has 0 saturated heterocycles. The van der Waals surface area contributed by atoms with Crippen LogP contribution in [-0.2, 0) is 14.8 Å². The topological polar surface area (TPSA) is 111 Å². The average molecular weight is 378 g/mol. The molecule has 0 atom stereocenters. The van der Waals surface area contributed by atoms with Gasteiger partial charge in [0.05, 0.1) is 19.1 Å². The van der Waals surface area contributed by atoms with Gasteiger partial charge in [-0.25, -0.2) is 13.1 Å². The Hall–Kier alpha value is -3.07. The van der Waals surface area contributed by atoms with Crippen LogP contribution in [0, 0.1) is 0 Å². The minimum absolute atomic E-state index is 0.0691. The van der Waals surface area contributed by atoms with E-state index in [2.05, 4.69) is 5.32 Å². The zero-order valence-corrected chi connectivity index (χ0v) is 15.2. The van der Waals surface area contributed by atoms with Gasteiger partial charge in [-0.2, -0.15) is 0 Å². The highest BCUT2D eigenvalue weighted by Gasteiger charge is 2.20. The third-order valence-electron chi connectivity index (χ3n) is 3.33. The van der Waals surface area contributed by atoms with Gasteiger partial charge < -0.3 is 14.8 Å². The minimum atomic E-state index is -4.09. The van der Waals surface area contributed by atoms with Gasteiger partial charge in [0.1, 0.15) is 11.5 Å². The molecule has 0 heterocycles. The van der Waals surface area contributed by atoms with Gasteiger partial charge >= 0.3 is 0 Å². The Balaban J connectivity index is 2.23. The van der Waals surface area contributed by atoms with Crippen LogP contribution in [0.25, 0.3) is 0 Å². The maximum Gasteiger partial charge on any atom is 0.265 e. The lowest BCUT2D eigenvalue weighted by Gasteiger charge is -2.10. The third kappa shape index (κ3) is 4.73. The second kappa shape index (κ2) is 7.87. The van der Waals surface area contributed by atoms with E-state index in [1.54, 1.807) is 6.07 Å². The van der Waals surface area contributed by atoms with Gasteiger partial charge in [0.15, 0.2) is 0 Å². The zero-order chi connectivity index (χ0) is 19.3. The smallest absolute Gasteiger partial charge is 0.265 e. The molecule has 2 N–H and O–H groups in total. The number of ether oxygens (including phenoxy) is 2. The Morgan fingerprint density at radius 2 is 1.46 bits per heavy atom. The predicted molar refractivity (Wildman–Crippen MR) is 94.9 cm³/mol. The van der Waals surface area contributed by atoms with E-state index in [9.17, 15) is 18.0 Å². The lowest BCUT2D eigenvalue weighted by atomic mass is 10.2. The molecule has 2 amide bonds. The zero-order valence-electron chi connectivity index (χ0n) is 14.4. The Labute approximate surface area is 151 Å². The summed E-state index contributed by atoms with van der Waals surface area (Å²) in [6.07, 6.45) is 0. The fraction of sp³-hybridized carbons (Fsp3) is 0.176.